The molecular weight excluding hydrogens is 224 g/mol. The third kappa shape index (κ3) is 2.61. The number of aromatic nitrogens is 2. The van der Waals surface area contributed by atoms with Gasteiger partial charge in [0.15, 0.2) is 0 Å². The van der Waals surface area contributed by atoms with Gasteiger partial charge in [0.1, 0.15) is 18.4 Å². The second-order valence-electron chi connectivity index (χ2n) is 4.14. The molecule has 92 valence electrons. The Hall–Kier alpha value is -1.92. The van der Waals surface area contributed by atoms with Gasteiger partial charge in [0.2, 0.25) is 5.91 Å². The molecule has 1 heterocycles. The van der Waals surface area contributed by atoms with Crippen LogP contribution in [0, 0.1) is 10.1 Å². The Bertz CT molecular complexity index is 439. The number of nitro groups is 1. The molecule has 1 fully saturated rings. The molecule has 1 aromatic heterocycles. The zero-order chi connectivity index (χ0) is 12.4. The lowest BCUT2D eigenvalue weighted by Gasteiger charge is -2.14. The van der Waals surface area contributed by atoms with Crippen LogP contribution in [0.5, 0.6) is 0 Å². The number of hydrogen-bond acceptors (Lipinski definition) is 4. The molecule has 7 nitrogen and oxygen atoms in total. The van der Waals surface area contributed by atoms with E-state index in [0.29, 0.717) is 6.42 Å². The second-order valence-corrected chi connectivity index (χ2v) is 4.14. The highest BCUT2D eigenvalue weighted by molar-refractivity contribution is 5.80. The Morgan fingerprint density at radius 1 is 1.76 bits per heavy atom. The van der Waals surface area contributed by atoms with Gasteiger partial charge in [0.05, 0.1) is 4.92 Å². The Balaban J connectivity index is 2.09. The van der Waals surface area contributed by atoms with E-state index in [-0.39, 0.29) is 17.6 Å². The smallest absolute Gasteiger partial charge is 0.307 e. The number of rotatable bonds is 5. The molecular formula is C10H14N4O3. The fourth-order valence-corrected chi connectivity index (χ4v) is 1.61. The van der Waals surface area contributed by atoms with Crippen LogP contribution in [-0.4, -0.2) is 26.7 Å². The summed E-state index contributed by atoms with van der Waals surface area (Å²) in [5.74, 6) is -0.118. The number of carbonyl (C=O) groups is 1. The van der Waals surface area contributed by atoms with Crippen LogP contribution in [0.15, 0.2) is 12.4 Å². The van der Waals surface area contributed by atoms with Crippen LogP contribution in [0.3, 0.4) is 0 Å². The molecule has 0 spiro atoms. The summed E-state index contributed by atoms with van der Waals surface area (Å²) in [5, 5.41) is 17.3. The molecule has 1 saturated carbocycles. The molecule has 0 saturated heterocycles. The fraction of sp³-hybridized carbons (Fsp3) is 0.600. The standard InChI is InChI=1S/C10H14N4O3/c1-2-9(10(15)12-7-3-4-7)13-6-8(5-11-13)14(16)17/h5-7,9H,2-4H2,1H3,(H,12,15). The molecule has 1 amide bonds. The molecule has 2 rings (SSSR count). The SMILES string of the molecule is CCC(C(=O)NC1CC1)n1cc([N+](=O)[O-])cn1. The van der Waals surface area contributed by atoms with E-state index in [2.05, 4.69) is 10.4 Å². The average Bonchev–Trinajstić information content (AvgIpc) is 2.95. The largest absolute Gasteiger partial charge is 0.352 e. The van der Waals surface area contributed by atoms with Crippen molar-refractivity contribution in [3.63, 3.8) is 0 Å². The van der Waals surface area contributed by atoms with Crippen LogP contribution in [0.1, 0.15) is 32.2 Å². The van der Waals surface area contributed by atoms with Crippen molar-refractivity contribution in [2.75, 3.05) is 0 Å². The van der Waals surface area contributed by atoms with Crippen molar-refractivity contribution in [2.45, 2.75) is 38.3 Å². The molecule has 1 aliphatic carbocycles. The molecule has 1 aromatic rings. The maximum absolute atomic E-state index is 11.9. The summed E-state index contributed by atoms with van der Waals surface area (Å²) in [6.07, 6.45) is 5.04. The third-order valence-corrected chi connectivity index (χ3v) is 2.73. The van der Waals surface area contributed by atoms with Gasteiger partial charge in [-0.2, -0.15) is 5.10 Å². The zero-order valence-electron chi connectivity index (χ0n) is 9.50. The van der Waals surface area contributed by atoms with Crippen LogP contribution in [0.25, 0.3) is 0 Å². The normalized spacial score (nSPS) is 16.5. The quantitative estimate of drug-likeness (QED) is 0.612. The third-order valence-electron chi connectivity index (χ3n) is 2.73. The van der Waals surface area contributed by atoms with Crippen molar-refractivity contribution in [1.29, 1.82) is 0 Å². The molecule has 17 heavy (non-hydrogen) atoms. The van der Waals surface area contributed by atoms with Crippen molar-refractivity contribution >= 4 is 11.6 Å². The summed E-state index contributed by atoms with van der Waals surface area (Å²) >= 11 is 0. The first-order chi connectivity index (χ1) is 8.11. The highest BCUT2D eigenvalue weighted by atomic mass is 16.6. The molecule has 0 bridgehead atoms. The van der Waals surface area contributed by atoms with Gasteiger partial charge in [-0.25, -0.2) is 0 Å². The number of hydrogen-bond donors (Lipinski definition) is 1. The Labute approximate surface area is 98.0 Å². The number of nitrogens with one attached hydrogen (secondary N) is 1. The first-order valence-corrected chi connectivity index (χ1v) is 5.60. The predicted molar refractivity (Wildman–Crippen MR) is 59.4 cm³/mol. The summed E-state index contributed by atoms with van der Waals surface area (Å²) in [4.78, 5) is 21.9. The van der Waals surface area contributed by atoms with Crippen LogP contribution in [-0.2, 0) is 4.79 Å². The maximum atomic E-state index is 11.9. The van der Waals surface area contributed by atoms with E-state index in [1.807, 2.05) is 6.92 Å². The molecule has 7 heteroatoms. The molecule has 1 unspecified atom stereocenters. The lowest BCUT2D eigenvalue weighted by Crippen LogP contribution is -2.33. The van der Waals surface area contributed by atoms with E-state index in [1.54, 1.807) is 0 Å². The first kappa shape index (κ1) is 11.6. The minimum atomic E-state index is -0.519. The highest BCUT2D eigenvalue weighted by Gasteiger charge is 2.28. The summed E-state index contributed by atoms with van der Waals surface area (Å²) < 4.78 is 1.36. The van der Waals surface area contributed by atoms with E-state index in [9.17, 15) is 14.9 Å². The van der Waals surface area contributed by atoms with Gasteiger partial charge >= 0.3 is 5.69 Å². The monoisotopic (exact) mass is 238 g/mol. The number of carbonyl (C=O) groups excluding carboxylic acids is 1. The first-order valence-electron chi connectivity index (χ1n) is 5.60. The van der Waals surface area contributed by atoms with E-state index >= 15 is 0 Å². The zero-order valence-corrected chi connectivity index (χ0v) is 9.50. The predicted octanol–water partition coefficient (Wildman–Crippen LogP) is 1.02. The van der Waals surface area contributed by atoms with E-state index < -0.39 is 11.0 Å². The number of amides is 1. The molecule has 0 aromatic carbocycles. The minimum absolute atomic E-state index is 0.0947. The van der Waals surface area contributed by atoms with Crippen LogP contribution in [0.2, 0.25) is 0 Å². The van der Waals surface area contributed by atoms with Crippen LogP contribution < -0.4 is 5.32 Å². The van der Waals surface area contributed by atoms with Crippen LogP contribution in [0.4, 0.5) is 5.69 Å². The van der Waals surface area contributed by atoms with Gasteiger partial charge < -0.3 is 5.32 Å². The Morgan fingerprint density at radius 3 is 2.94 bits per heavy atom. The van der Waals surface area contributed by atoms with Gasteiger partial charge in [-0.15, -0.1) is 0 Å². The van der Waals surface area contributed by atoms with Crippen LogP contribution >= 0.6 is 0 Å². The molecule has 1 aliphatic rings. The summed E-state index contributed by atoms with van der Waals surface area (Å²) in [7, 11) is 0. The van der Waals surface area contributed by atoms with Gasteiger partial charge in [0, 0.05) is 6.04 Å². The Kier molecular flexibility index (Phi) is 3.08. The fourth-order valence-electron chi connectivity index (χ4n) is 1.61. The molecule has 0 aliphatic heterocycles. The van der Waals surface area contributed by atoms with Gasteiger partial charge in [-0.1, -0.05) is 6.92 Å². The van der Waals surface area contributed by atoms with Gasteiger partial charge in [0.25, 0.3) is 0 Å². The average molecular weight is 238 g/mol. The lowest BCUT2D eigenvalue weighted by molar-refractivity contribution is -0.385. The summed E-state index contributed by atoms with van der Waals surface area (Å²) in [6, 6.07) is -0.189. The minimum Gasteiger partial charge on any atom is -0.352 e. The van der Waals surface area contributed by atoms with Gasteiger partial charge in [-0.05, 0) is 19.3 Å². The van der Waals surface area contributed by atoms with E-state index in [4.69, 9.17) is 0 Å². The summed E-state index contributed by atoms with van der Waals surface area (Å²) in [5.41, 5.74) is -0.0947. The molecule has 0 radical (unpaired) electrons. The molecule has 1 N–H and O–H groups in total. The van der Waals surface area contributed by atoms with Crippen molar-refractivity contribution in [3.05, 3.63) is 22.5 Å². The van der Waals surface area contributed by atoms with Crippen molar-refractivity contribution in [2.24, 2.45) is 0 Å². The lowest BCUT2D eigenvalue weighted by atomic mass is 10.2. The second kappa shape index (κ2) is 4.52. The van der Waals surface area contributed by atoms with Crippen molar-refractivity contribution < 1.29 is 9.72 Å². The van der Waals surface area contributed by atoms with E-state index in [0.717, 1.165) is 19.0 Å². The number of nitrogens with zero attached hydrogens (tertiary/aromatic N) is 3. The Morgan fingerprint density at radius 2 is 2.47 bits per heavy atom. The maximum Gasteiger partial charge on any atom is 0.307 e. The highest BCUT2D eigenvalue weighted by Crippen LogP contribution is 2.21. The van der Waals surface area contributed by atoms with E-state index in [1.165, 1.54) is 10.9 Å². The molecule has 1 atom stereocenters. The van der Waals surface area contributed by atoms with Gasteiger partial charge in [-0.3, -0.25) is 19.6 Å². The van der Waals surface area contributed by atoms with Crippen molar-refractivity contribution in [1.82, 2.24) is 15.1 Å². The topological polar surface area (TPSA) is 90.1 Å². The van der Waals surface area contributed by atoms with Crippen molar-refractivity contribution in [3.8, 4) is 0 Å². The summed E-state index contributed by atoms with van der Waals surface area (Å²) in [6.45, 7) is 1.85.